The van der Waals surface area contributed by atoms with Gasteiger partial charge in [-0.2, -0.15) is 0 Å². The maximum Gasteiger partial charge on any atom is 0.101 e. The van der Waals surface area contributed by atoms with Crippen molar-refractivity contribution in [2.45, 2.75) is 6.42 Å². The Kier molecular flexibility index (Phi) is 2.74. The van der Waals surface area contributed by atoms with Gasteiger partial charge in [0.15, 0.2) is 0 Å². The number of hydrogen-bond acceptors (Lipinski definition) is 3. The molecule has 14 heavy (non-hydrogen) atoms. The van der Waals surface area contributed by atoms with Gasteiger partial charge in [0.1, 0.15) is 5.01 Å². The van der Waals surface area contributed by atoms with Crippen molar-refractivity contribution in [2.24, 2.45) is 0 Å². The Bertz CT molecular complexity index is 429. The van der Waals surface area contributed by atoms with Crippen molar-refractivity contribution in [1.29, 1.82) is 0 Å². The number of nitrogens with zero attached hydrogens (tertiary/aromatic N) is 1. The molecule has 0 atom stereocenters. The summed E-state index contributed by atoms with van der Waals surface area (Å²) in [6, 6.07) is 8.14. The van der Waals surface area contributed by atoms with E-state index in [2.05, 4.69) is 16.4 Å². The molecule has 1 heterocycles. The highest BCUT2D eigenvalue weighted by molar-refractivity contribution is 7.80. The molecule has 0 aliphatic heterocycles. The highest BCUT2D eigenvalue weighted by atomic mass is 32.1. The summed E-state index contributed by atoms with van der Waals surface area (Å²) in [4.78, 5) is 5.33. The number of nitrogens with one attached hydrogen (secondary N) is 1. The summed E-state index contributed by atoms with van der Waals surface area (Å²) in [5.41, 5.74) is 1.06. The van der Waals surface area contributed by atoms with Crippen LogP contribution in [0.2, 0.25) is 0 Å². The number of thiazole rings is 1. The molecule has 1 aromatic heterocycles. The van der Waals surface area contributed by atoms with E-state index in [1.54, 1.807) is 11.3 Å². The minimum Gasteiger partial charge on any atom is -0.382 e. The second-order valence-electron chi connectivity index (χ2n) is 2.93. The van der Waals surface area contributed by atoms with Crippen molar-refractivity contribution >= 4 is 38.8 Å². The highest BCUT2D eigenvalue weighted by Gasteiger charge is 2.04. The number of benzene rings is 1. The van der Waals surface area contributed by atoms with Crippen molar-refractivity contribution in [3.05, 3.63) is 29.3 Å². The third-order valence-electron chi connectivity index (χ3n) is 1.93. The van der Waals surface area contributed by atoms with Crippen LogP contribution in [0, 0.1) is 0 Å². The van der Waals surface area contributed by atoms with E-state index in [4.69, 9.17) is 12.2 Å². The van der Waals surface area contributed by atoms with Gasteiger partial charge in [0, 0.05) is 7.05 Å². The van der Waals surface area contributed by atoms with Gasteiger partial charge in [0.2, 0.25) is 0 Å². The van der Waals surface area contributed by atoms with E-state index in [9.17, 15) is 0 Å². The third-order valence-corrected chi connectivity index (χ3v) is 3.31. The van der Waals surface area contributed by atoms with Crippen LogP contribution in [0.1, 0.15) is 5.01 Å². The van der Waals surface area contributed by atoms with Crippen molar-refractivity contribution in [3.63, 3.8) is 0 Å². The predicted molar refractivity (Wildman–Crippen MR) is 65.0 cm³/mol. The molecule has 1 aromatic carbocycles. The summed E-state index contributed by atoms with van der Waals surface area (Å²) in [6.07, 6.45) is 0.741. The molecule has 2 nitrogen and oxygen atoms in total. The van der Waals surface area contributed by atoms with Crippen LogP contribution in [0.25, 0.3) is 10.2 Å². The number of thiocarbonyl (C=S) groups is 1. The molecule has 0 aliphatic rings. The van der Waals surface area contributed by atoms with Crippen LogP contribution in [0.15, 0.2) is 24.3 Å². The molecular formula is C10H10N2S2. The number of likely N-dealkylation sites (N-methyl/N-ethyl adjacent to an activating group) is 1. The average molecular weight is 222 g/mol. The van der Waals surface area contributed by atoms with Crippen LogP contribution in [0.3, 0.4) is 0 Å². The quantitative estimate of drug-likeness (QED) is 0.790. The third kappa shape index (κ3) is 1.91. The van der Waals surface area contributed by atoms with Crippen LogP contribution < -0.4 is 5.32 Å². The number of aromatic nitrogens is 1. The first kappa shape index (κ1) is 9.55. The SMILES string of the molecule is CNC(=S)Cc1nc2ccccc2s1. The normalized spacial score (nSPS) is 10.4. The monoisotopic (exact) mass is 222 g/mol. The van der Waals surface area contributed by atoms with E-state index in [1.807, 2.05) is 25.2 Å². The van der Waals surface area contributed by atoms with Crippen LogP contribution in [0.5, 0.6) is 0 Å². The lowest BCUT2D eigenvalue weighted by Crippen LogP contribution is -2.17. The smallest absolute Gasteiger partial charge is 0.101 e. The van der Waals surface area contributed by atoms with Gasteiger partial charge in [-0.25, -0.2) is 4.98 Å². The summed E-state index contributed by atoms with van der Waals surface area (Å²) >= 11 is 6.80. The first-order chi connectivity index (χ1) is 6.79. The molecule has 0 amide bonds. The molecule has 1 N–H and O–H groups in total. The zero-order chi connectivity index (χ0) is 9.97. The minimum atomic E-state index is 0.741. The van der Waals surface area contributed by atoms with Crippen molar-refractivity contribution in [1.82, 2.24) is 10.3 Å². The van der Waals surface area contributed by atoms with Gasteiger partial charge in [0.25, 0.3) is 0 Å². The van der Waals surface area contributed by atoms with Gasteiger partial charge in [-0.3, -0.25) is 0 Å². The van der Waals surface area contributed by atoms with Gasteiger partial charge in [-0.1, -0.05) is 24.4 Å². The van der Waals surface area contributed by atoms with Crippen LogP contribution in [0.4, 0.5) is 0 Å². The predicted octanol–water partition coefficient (Wildman–Crippen LogP) is 2.39. The molecule has 0 radical (unpaired) electrons. The topological polar surface area (TPSA) is 24.9 Å². The Morgan fingerprint density at radius 3 is 3.00 bits per heavy atom. The fourth-order valence-corrected chi connectivity index (χ4v) is 2.43. The van der Waals surface area contributed by atoms with Crippen LogP contribution in [-0.4, -0.2) is 17.0 Å². The van der Waals surface area contributed by atoms with Gasteiger partial charge in [-0.15, -0.1) is 11.3 Å². The molecule has 0 fully saturated rings. The second-order valence-corrected chi connectivity index (χ2v) is 4.53. The Hall–Kier alpha value is -1.00. The van der Waals surface area contributed by atoms with E-state index in [-0.39, 0.29) is 0 Å². The molecule has 72 valence electrons. The number of rotatable bonds is 2. The van der Waals surface area contributed by atoms with Gasteiger partial charge in [0.05, 0.1) is 21.6 Å². The summed E-state index contributed by atoms with van der Waals surface area (Å²) in [5.74, 6) is 0. The second kappa shape index (κ2) is 4.02. The van der Waals surface area contributed by atoms with E-state index in [1.165, 1.54) is 4.70 Å². The van der Waals surface area contributed by atoms with E-state index < -0.39 is 0 Å². The Labute approximate surface area is 92.0 Å². The molecule has 0 unspecified atom stereocenters. The van der Waals surface area contributed by atoms with E-state index >= 15 is 0 Å². The summed E-state index contributed by atoms with van der Waals surface area (Å²) in [5, 5.41) is 4.03. The molecule has 0 bridgehead atoms. The lowest BCUT2D eigenvalue weighted by molar-refractivity contribution is 1.13. The van der Waals surface area contributed by atoms with Crippen LogP contribution >= 0.6 is 23.6 Å². The lowest BCUT2D eigenvalue weighted by atomic mass is 10.3. The zero-order valence-corrected chi connectivity index (χ0v) is 9.41. The van der Waals surface area contributed by atoms with E-state index in [0.717, 1.165) is 21.9 Å². The lowest BCUT2D eigenvalue weighted by Gasteiger charge is -1.96. The minimum absolute atomic E-state index is 0.741. The first-order valence-electron chi connectivity index (χ1n) is 4.34. The summed E-state index contributed by atoms with van der Waals surface area (Å²) < 4.78 is 1.22. The molecule has 2 aromatic rings. The Balaban J connectivity index is 2.31. The number of hydrogen-bond donors (Lipinski definition) is 1. The molecule has 0 aliphatic carbocycles. The highest BCUT2D eigenvalue weighted by Crippen LogP contribution is 2.21. The zero-order valence-electron chi connectivity index (χ0n) is 7.78. The van der Waals surface area contributed by atoms with Crippen molar-refractivity contribution in [2.75, 3.05) is 7.05 Å². The Morgan fingerprint density at radius 2 is 2.29 bits per heavy atom. The molecular weight excluding hydrogens is 212 g/mol. The maximum absolute atomic E-state index is 5.10. The fourth-order valence-electron chi connectivity index (χ4n) is 1.22. The van der Waals surface area contributed by atoms with Crippen molar-refractivity contribution in [3.8, 4) is 0 Å². The molecule has 2 rings (SSSR count). The van der Waals surface area contributed by atoms with Crippen LogP contribution in [-0.2, 0) is 6.42 Å². The number of para-hydroxylation sites is 1. The standard InChI is InChI=1S/C10H10N2S2/c1-11-9(13)6-10-12-7-4-2-3-5-8(7)14-10/h2-5H,6H2,1H3,(H,11,13). The van der Waals surface area contributed by atoms with Crippen molar-refractivity contribution < 1.29 is 0 Å². The average Bonchev–Trinajstić information content (AvgIpc) is 2.59. The largest absolute Gasteiger partial charge is 0.382 e. The summed E-state index contributed by atoms with van der Waals surface area (Å²) in [7, 11) is 1.84. The molecule has 0 saturated carbocycles. The van der Waals surface area contributed by atoms with Gasteiger partial charge >= 0.3 is 0 Å². The van der Waals surface area contributed by atoms with Gasteiger partial charge < -0.3 is 5.32 Å². The molecule has 4 heteroatoms. The van der Waals surface area contributed by atoms with Gasteiger partial charge in [-0.05, 0) is 12.1 Å². The molecule has 0 saturated heterocycles. The number of fused-ring (bicyclic) bond motifs is 1. The molecule has 0 spiro atoms. The first-order valence-corrected chi connectivity index (χ1v) is 5.57. The fraction of sp³-hybridized carbons (Fsp3) is 0.200. The van der Waals surface area contributed by atoms with E-state index in [0.29, 0.717) is 0 Å². The Morgan fingerprint density at radius 1 is 1.50 bits per heavy atom. The maximum atomic E-state index is 5.10. The summed E-state index contributed by atoms with van der Waals surface area (Å²) in [6.45, 7) is 0.